The minimum Gasteiger partial charge on any atom is -0.467 e. The molecule has 0 unspecified atom stereocenters. The molecule has 0 aliphatic rings. The fraction of sp³-hybridized carbons (Fsp3) is 0.182. The van der Waals surface area contributed by atoms with Crippen molar-refractivity contribution in [3.05, 3.63) is 83.7 Å². The summed E-state index contributed by atoms with van der Waals surface area (Å²) in [4.78, 5) is 24.5. The Morgan fingerprint density at radius 3 is 2.44 bits per heavy atom. The van der Waals surface area contributed by atoms with Crippen LogP contribution in [-0.2, 0) is 27.2 Å². The first kappa shape index (κ1) is 18.6. The van der Waals surface area contributed by atoms with Gasteiger partial charge in [0, 0.05) is 6.42 Å². The molecule has 0 bridgehead atoms. The molecular formula is C22H20FNO3. The maximum absolute atomic E-state index is 13.9. The quantitative estimate of drug-likeness (QED) is 0.681. The molecule has 0 radical (unpaired) electrons. The van der Waals surface area contributed by atoms with Gasteiger partial charge in [-0.1, -0.05) is 60.7 Å². The maximum Gasteiger partial charge on any atom is 0.328 e. The van der Waals surface area contributed by atoms with E-state index in [9.17, 15) is 14.0 Å². The number of hydrogen-bond donors (Lipinski definition) is 1. The van der Waals surface area contributed by atoms with Gasteiger partial charge in [0.15, 0.2) is 0 Å². The molecule has 1 amide bonds. The normalized spacial score (nSPS) is 11.8. The van der Waals surface area contributed by atoms with E-state index in [0.717, 1.165) is 16.3 Å². The molecule has 3 aromatic carbocycles. The van der Waals surface area contributed by atoms with Crippen LogP contribution in [0.1, 0.15) is 11.1 Å². The van der Waals surface area contributed by atoms with Gasteiger partial charge < -0.3 is 10.1 Å². The number of carbonyl (C=O) groups excluding carboxylic acids is 2. The molecule has 0 aromatic heterocycles. The predicted molar refractivity (Wildman–Crippen MR) is 102 cm³/mol. The third-order valence-corrected chi connectivity index (χ3v) is 4.38. The lowest BCUT2D eigenvalue weighted by Gasteiger charge is -2.17. The molecule has 1 atom stereocenters. The minimum atomic E-state index is -0.945. The van der Waals surface area contributed by atoms with E-state index in [1.54, 1.807) is 18.2 Å². The maximum atomic E-state index is 13.9. The van der Waals surface area contributed by atoms with Gasteiger partial charge in [0.2, 0.25) is 5.91 Å². The van der Waals surface area contributed by atoms with Gasteiger partial charge in [-0.05, 0) is 28.0 Å². The fourth-order valence-electron chi connectivity index (χ4n) is 3.00. The molecule has 0 heterocycles. The number of ether oxygens (including phenoxy) is 1. The van der Waals surface area contributed by atoms with Crippen LogP contribution in [0.2, 0.25) is 0 Å². The van der Waals surface area contributed by atoms with Crippen molar-refractivity contribution in [1.82, 2.24) is 5.32 Å². The van der Waals surface area contributed by atoms with Crippen LogP contribution in [0.25, 0.3) is 10.8 Å². The average molecular weight is 365 g/mol. The van der Waals surface area contributed by atoms with E-state index in [2.05, 4.69) is 5.32 Å². The first-order valence-corrected chi connectivity index (χ1v) is 8.65. The second kappa shape index (κ2) is 8.45. The van der Waals surface area contributed by atoms with Gasteiger partial charge in [0.05, 0.1) is 13.5 Å². The molecule has 5 heteroatoms. The molecule has 3 rings (SSSR count). The summed E-state index contributed by atoms with van der Waals surface area (Å²) in [6.45, 7) is 0. The number of amides is 1. The summed E-state index contributed by atoms with van der Waals surface area (Å²) in [5, 5.41) is 4.79. The van der Waals surface area contributed by atoms with Crippen LogP contribution >= 0.6 is 0 Å². The topological polar surface area (TPSA) is 55.4 Å². The largest absolute Gasteiger partial charge is 0.467 e. The Bertz CT molecular complexity index is 970. The highest BCUT2D eigenvalue weighted by molar-refractivity contribution is 5.88. The van der Waals surface area contributed by atoms with Crippen LogP contribution in [0, 0.1) is 5.82 Å². The van der Waals surface area contributed by atoms with Gasteiger partial charge >= 0.3 is 5.97 Å². The third-order valence-electron chi connectivity index (χ3n) is 4.38. The number of nitrogens with one attached hydrogen (secondary N) is 1. The lowest BCUT2D eigenvalue weighted by atomic mass is 10.0. The van der Waals surface area contributed by atoms with Crippen LogP contribution in [-0.4, -0.2) is 25.0 Å². The highest BCUT2D eigenvalue weighted by Crippen LogP contribution is 2.16. The number of methoxy groups -OCH3 is 1. The Labute approximate surface area is 157 Å². The van der Waals surface area contributed by atoms with Crippen LogP contribution < -0.4 is 5.32 Å². The number of fused-ring (bicyclic) bond motifs is 1. The highest BCUT2D eigenvalue weighted by Gasteiger charge is 2.23. The van der Waals surface area contributed by atoms with Crippen LogP contribution in [0.15, 0.2) is 66.7 Å². The molecule has 0 fully saturated rings. The van der Waals surface area contributed by atoms with E-state index in [1.807, 2.05) is 42.5 Å². The lowest BCUT2D eigenvalue weighted by molar-refractivity contribution is -0.145. The SMILES string of the molecule is COC(=O)[C@H](Cc1ccccc1F)NC(=O)Cc1ccc2ccccc2c1. The van der Waals surface area contributed by atoms with Crippen molar-refractivity contribution in [2.75, 3.05) is 7.11 Å². The number of rotatable bonds is 6. The Balaban J connectivity index is 1.71. The smallest absolute Gasteiger partial charge is 0.328 e. The van der Waals surface area contributed by atoms with E-state index >= 15 is 0 Å². The summed E-state index contributed by atoms with van der Waals surface area (Å²) < 4.78 is 18.6. The Morgan fingerprint density at radius 2 is 1.70 bits per heavy atom. The third kappa shape index (κ3) is 4.70. The van der Waals surface area contributed by atoms with Crippen LogP contribution in [0.3, 0.4) is 0 Å². The molecule has 0 spiro atoms. The van der Waals surface area contributed by atoms with Gasteiger partial charge in [-0.3, -0.25) is 4.79 Å². The van der Waals surface area contributed by atoms with E-state index in [4.69, 9.17) is 4.74 Å². The van der Waals surface area contributed by atoms with E-state index in [0.29, 0.717) is 5.56 Å². The summed E-state index contributed by atoms with van der Waals surface area (Å²) in [6.07, 6.45) is 0.151. The highest BCUT2D eigenvalue weighted by atomic mass is 19.1. The van der Waals surface area contributed by atoms with E-state index in [1.165, 1.54) is 13.2 Å². The summed E-state index contributed by atoms with van der Waals surface area (Å²) >= 11 is 0. The van der Waals surface area contributed by atoms with Gasteiger partial charge in [-0.15, -0.1) is 0 Å². The van der Waals surface area contributed by atoms with Crippen molar-refractivity contribution >= 4 is 22.6 Å². The first-order valence-electron chi connectivity index (χ1n) is 8.65. The number of esters is 1. The zero-order valence-corrected chi connectivity index (χ0v) is 14.9. The number of hydrogen-bond acceptors (Lipinski definition) is 3. The average Bonchev–Trinajstić information content (AvgIpc) is 2.68. The summed E-state index contributed by atoms with van der Waals surface area (Å²) in [5.74, 6) is -1.35. The first-order chi connectivity index (χ1) is 13.1. The molecule has 138 valence electrons. The lowest BCUT2D eigenvalue weighted by Crippen LogP contribution is -2.43. The second-order valence-electron chi connectivity index (χ2n) is 6.30. The van der Waals surface area contributed by atoms with Gasteiger partial charge in [-0.25, -0.2) is 9.18 Å². The van der Waals surface area contributed by atoms with Crippen molar-refractivity contribution in [2.45, 2.75) is 18.9 Å². The van der Waals surface area contributed by atoms with Crippen molar-refractivity contribution in [1.29, 1.82) is 0 Å². The number of carbonyl (C=O) groups is 2. The summed E-state index contributed by atoms with van der Waals surface area (Å²) in [7, 11) is 1.24. The van der Waals surface area contributed by atoms with Gasteiger partial charge in [0.25, 0.3) is 0 Å². The number of halogens is 1. The fourth-order valence-corrected chi connectivity index (χ4v) is 3.00. The molecule has 4 nitrogen and oxygen atoms in total. The summed E-state index contributed by atoms with van der Waals surface area (Å²) in [5.41, 5.74) is 1.18. The van der Waals surface area contributed by atoms with Crippen molar-refractivity contribution in [3.8, 4) is 0 Å². The van der Waals surface area contributed by atoms with Crippen molar-refractivity contribution in [2.24, 2.45) is 0 Å². The Kier molecular flexibility index (Phi) is 5.81. The monoisotopic (exact) mass is 365 g/mol. The van der Waals surface area contributed by atoms with Crippen molar-refractivity contribution in [3.63, 3.8) is 0 Å². The predicted octanol–water partition coefficient (Wildman–Crippen LogP) is 3.42. The molecule has 3 aromatic rings. The molecule has 27 heavy (non-hydrogen) atoms. The number of benzene rings is 3. The van der Waals surface area contributed by atoms with Gasteiger partial charge in [-0.2, -0.15) is 0 Å². The molecule has 0 saturated heterocycles. The zero-order chi connectivity index (χ0) is 19.2. The molecular weight excluding hydrogens is 345 g/mol. The minimum absolute atomic E-state index is 0.0306. The van der Waals surface area contributed by atoms with E-state index in [-0.39, 0.29) is 18.7 Å². The molecule has 1 N–H and O–H groups in total. The molecule has 0 saturated carbocycles. The Morgan fingerprint density at radius 1 is 1.00 bits per heavy atom. The van der Waals surface area contributed by atoms with Crippen LogP contribution in [0.5, 0.6) is 0 Å². The Hall–Kier alpha value is -3.21. The molecule has 0 aliphatic carbocycles. The zero-order valence-electron chi connectivity index (χ0n) is 14.9. The molecule has 0 aliphatic heterocycles. The summed E-state index contributed by atoms with van der Waals surface area (Å²) in [6, 6.07) is 18.9. The van der Waals surface area contributed by atoms with Gasteiger partial charge in [0.1, 0.15) is 11.9 Å². The standard InChI is InChI=1S/C22H20FNO3/c1-27-22(26)20(14-18-8-4-5-9-19(18)23)24-21(25)13-15-10-11-16-6-2-3-7-17(16)12-15/h2-12,20H,13-14H2,1H3,(H,24,25)/t20-/m0/s1. The van der Waals surface area contributed by atoms with Crippen LogP contribution in [0.4, 0.5) is 4.39 Å². The second-order valence-corrected chi connectivity index (χ2v) is 6.30. The van der Waals surface area contributed by atoms with E-state index < -0.39 is 17.8 Å². The van der Waals surface area contributed by atoms with Crippen molar-refractivity contribution < 1.29 is 18.7 Å².